The number of carbonyl (C=O) groups excluding carboxylic acids is 1. The smallest absolute Gasteiger partial charge is 0.222 e. The molecular weight excluding hydrogens is 420 g/mol. The summed E-state index contributed by atoms with van der Waals surface area (Å²) in [5, 5.41) is 0. The summed E-state index contributed by atoms with van der Waals surface area (Å²) in [6, 6.07) is 13.1. The summed E-state index contributed by atoms with van der Waals surface area (Å²) in [5.74, 6) is 4.23. The molecule has 34 heavy (non-hydrogen) atoms. The van der Waals surface area contributed by atoms with E-state index in [1.807, 2.05) is 0 Å². The summed E-state index contributed by atoms with van der Waals surface area (Å²) in [6.45, 7) is 7.54. The van der Waals surface area contributed by atoms with Gasteiger partial charge in [-0.05, 0) is 109 Å². The first-order valence-electron chi connectivity index (χ1n) is 13.4. The number of amides is 1. The Bertz CT molecular complexity index is 1050. The van der Waals surface area contributed by atoms with Crippen LogP contribution in [0.3, 0.4) is 0 Å². The average Bonchev–Trinajstić information content (AvgIpc) is 3.46. The molecule has 182 valence electrons. The molecule has 0 N–H and O–H groups in total. The summed E-state index contributed by atoms with van der Waals surface area (Å²) in [6.07, 6.45) is 12.4. The number of hydrogen-bond acceptors (Lipinski definition) is 2. The van der Waals surface area contributed by atoms with E-state index in [9.17, 15) is 4.79 Å². The highest BCUT2D eigenvalue weighted by atomic mass is 16.5. The molecule has 0 bridgehead atoms. The number of hydrogen-bond donors (Lipinski definition) is 0. The van der Waals surface area contributed by atoms with Gasteiger partial charge in [0.15, 0.2) is 0 Å². The minimum Gasteiger partial charge on any atom is -0.490 e. The van der Waals surface area contributed by atoms with Crippen LogP contribution in [0.4, 0.5) is 0 Å². The van der Waals surface area contributed by atoms with Crippen molar-refractivity contribution in [1.82, 2.24) is 9.47 Å². The van der Waals surface area contributed by atoms with Crippen LogP contribution >= 0.6 is 0 Å². The number of fused-ring (bicyclic) bond motifs is 5. The number of benzene rings is 1. The number of ether oxygens (including phenoxy) is 1. The lowest BCUT2D eigenvalue weighted by atomic mass is 9.45. The van der Waals surface area contributed by atoms with Crippen molar-refractivity contribution in [2.45, 2.75) is 77.9 Å². The molecule has 1 aromatic heterocycles. The van der Waals surface area contributed by atoms with Crippen LogP contribution in [0, 0.1) is 34.5 Å². The Morgan fingerprint density at radius 3 is 2.47 bits per heavy atom. The van der Waals surface area contributed by atoms with Gasteiger partial charge < -0.3 is 14.2 Å². The standard InChI is InChI=1S/C30H40N2O2/c1-20-17-26-30(3,14-12-27(33)31(26)4)24-11-13-29(2)19-23(18-25(29)28(20)24)34-22-9-7-21(8-10-22)32-15-5-6-16-32/h5-10,15-16,20,23-26,28H,11-14,17-19H2,1-4H3/t20?,23?,24-,25+,26?,28-,29-,30-/m1/s1. The van der Waals surface area contributed by atoms with Crippen LogP contribution in [0.15, 0.2) is 48.8 Å². The van der Waals surface area contributed by atoms with Crippen LogP contribution in [-0.4, -0.2) is 34.6 Å². The first-order valence-corrected chi connectivity index (χ1v) is 13.4. The molecule has 2 aromatic rings. The normalized spacial score (nSPS) is 41.5. The fourth-order valence-corrected chi connectivity index (χ4v) is 8.94. The van der Waals surface area contributed by atoms with E-state index in [4.69, 9.17) is 4.74 Å². The Labute approximate surface area is 204 Å². The van der Waals surface area contributed by atoms with Gasteiger partial charge in [0.1, 0.15) is 5.75 Å². The molecule has 0 radical (unpaired) electrons. The van der Waals surface area contributed by atoms with E-state index in [0.717, 1.165) is 36.3 Å². The van der Waals surface area contributed by atoms with E-state index in [-0.39, 0.29) is 5.41 Å². The Balaban J connectivity index is 1.21. The van der Waals surface area contributed by atoms with Crippen LogP contribution in [0.5, 0.6) is 5.75 Å². The van der Waals surface area contributed by atoms with Crippen molar-refractivity contribution in [3.05, 3.63) is 48.8 Å². The van der Waals surface area contributed by atoms with Gasteiger partial charge in [-0.2, -0.15) is 0 Å². The second-order valence-corrected chi connectivity index (χ2v) is 12.5. The van der Waals surface area contributed by atoms with Crippen molar-refractivity contribution < 1.29 is 9.53 Å². The highest BCUT2D eigenvalue weighted by molar-refractivity contribution is 5.77. The maximum atomic E-state index is 12.5. The fraction of sp³-hybridized carbons (Fsp3) is 0.633. The highest BCUT2D eigenvalue weighted by Crippen LogP contribution is 2.66. The molecule has 8 atom stereocenters. The summed E-state index contributed by atoms with van der Waals surface area (Å²) in [7, 11) is 2.06. The van der Waals surface area contributed by atoms with E-state index in [0.29, 0.717) is 29.4 Å². The van der Waals surface area contributed by atoms with Gasteiger partial charge in [0.05, 0.1) is 6.10 Å². The molecule has 4 nitrogen and oxygen atoms in total. The monoisotopic (exact) mass is 460 g/mol. The lowest BCUT2D eigenvalue weighted by Crippen LogP contribution is -2.62. The van der Waals surface area contributed by atoms with Crippen LogP contribution in [-0.2, 0) is 4.79 Å². The molecule has 3 unspecified atom stereocenters. The topological polar surface area (TPSA) is 34.5 Å². The second-order valence-electron chi connectivity index (χ2n) is 12.5. The second kappa shape index (κ2) is 7.90. The molecule has 6 rings (SSSR count). The number of aromatic nitrogens is 1. The number of carbonyl (C=O) groups is 1. The largest absolute Gasteiger partial charge is 0.490 e. The number of rotatable bonds is 3. The minimum absolute atomic E-state index is 0.272. The Morgan fingerprint density at radius 2 is 1.74 bits per heavy atom. The molecule has 3 saturated carbocycles. The van der Waals surface area contributed by atoms with E-state index in [1.54, 1.807) is 0 Å². The molecule has 1 saturated heterocycles. The summed E-state index contributed by atoms with van der Waals surface area (Å²) in [5.41, 5.74) is 1.82. The zero-order valence-electron chi connectivity index (χ0n) is 21.2. The van der Waals surface area contributed by atoms with E-state index >= 15 is 0 Å². The van der Waals surface area contributed by atoms with Gasteiger partial charge in [-0.3, -0.25) is 4.79 Å². The van der Waals surface area contributed by atoms with Crippen LogP contribution in [0.2, 0.25) is 0 Å². The third kappa shape index (κ3) is 3.35. The molecule has 0 spiro atoms. The predicted molar refractivity (Wildman–Crippen MR) is 135 cm³/mol. The molecule has 4 heteroatoms. The summed E-state index contributed by atoms with van der Waals surface area (Å²) >= 11 is 0. The zero-order chi connectivity index (χ0) is 23.7. The van der Waals surface area contributed by atoms with Gasteiger partial charge in [0.2, 0.25) is 5.91 Å². The maximum Gasteiger partial charge on any atom is 0.222 e. The number of piperidine rings is 1. The molecule has 3 aliphatic carbocycles. The number of likely N-dealkylation sites (tertiary alicyclic amines) is 1. The number of nitrogens with zero attached hydrogens (tertiary/aromatic N) is 2. The van der Waals surface area contributed by atoms with Gasteiger partial charge >= 0.3 is 0 Å². The molecule has 2 heterocycles. The molecule has 1 aromatic carbocycles. The summed E-state index contributed by atoms with van der Waals surface area (Å²) < 4.78 is 8.75. The van der Waals surface area contributed by atoms with Gasteiger partial charge in [-0.1, -0.05) is 20.8 Å². The third-order valence-corrected chi connectivity index (χ3v) is 10.7. The summed E-state index contributed by atoms with van der Waals surface area (Å²) in [4.78, 5) is 14.6. The van der Waals surface area contributed by atoms with Crippen molar-refractivity contribution in [1.29, 1.82) is 0 Å². The molecule has 1 aliphatic heterocycles. The maximum absolute atomic E-state index is 12.5. The Kier molecular flexibility index (Phi) is 5.17. The first kappa shape index (κ1) is 22.2. The van der Waals surface area contributed by atoms with Gasteiger partial charge in [-0.15, -0.1) is 0 Å². The Morgan fingerprint density at radius 1 is 1.00 bits per heavy atom. The van der Waals surface area contributed by atoms with Crippen molar-refractivity contribution in [3.8, 4) is 11.4 Å². The minimum atomic E-state index is 0.272. The molecule has 1 amide bonds. The van der Waals surface area contributed by atoms with Gasteiger partial charge in [-0.25, -0.2) is 0 Å². The highest BCUT2D eigenvalue weighted by Gasteiger charge is 2.62. The van der Waals surface area contributed by atoms with Crippen LogP contribution in [0.25, 0.3) is 5.69 Å². The SMILES string of the molecule is CC1CC2N(C)C(=O)CC[C@]2(C)[C@@H]2CC[C@]3(C)CC(Oc4ccc(-n5cccc5)cc4)C[C@H]3[C@H]12. The first-order chi connectivity index (χ1) is 16.3. The van der Waals surface area contributed by atoms with Crippen LogP contribution in [0.1, 0.15) is 65.7 Å². The third-order valence-electron chi connectivity index (χ3n) is 10.7. The molecule has 4 fully saturated rings. The van der Waals surface area contributed by atoms with E-state index < -0.39 is 0 Å². The van der Waals surface area contributed by atoms with E-state index in [2.05, 4.69) is 86.1 Å². The van der Waals surface area contributed by atoms with Crippen molar-refractivity contribution in [2.24, 2.45) is 34.5 Å². The van der Waals surface area contributed by atoms with E-state index in [1.165, 1.54) is 37.8 Å². The van der Waals surface area contributed by atoms with Gasteiger partial charge in [0.25, 0.3) is 0 Å². The van der Waals surface area contributed by atoms with Gasteiger partial charge in [0, 0.05) is 37.6 Å². The van der Waals surface area contributed by atoms with Crippen molar-refractivity contribution in [2.75, 3.05) is 7.05 Å². The Hall–Kier alpha value is -2.23. The predicted octanol–water partition coefficient (Wildman–Crippen LogP) is 6.33. The quantitative estimate of drug-likeness (QED) is 0.536. The lowest BCUT2D eigenvalue weighted by Gasteiger charge is -2.63. The fourth-order valence-electron chi connectivity index (χ4n) is 8.94. The zero-order valence-corrected chi connectivity index (χ0v) is 21.2. The molecular formula is C30H40N2O2. The van der Waals surface area contributed by atoms with Crippen molar-refractivity contribution in [3.63, 3.8) is 0 Å². The average molecular weight is 461 g/mol. The van der Waals surface area contributed by atoms with Crippen LogP contribution < -0.4 is 4.74 Å². The lowest BCUT2D eigenvalue weighted by molar-refractivity contribution is -0.164. The molecule has 4 aliphatic rings. The van der Waals surface area contributed by atoms with Crippen molar-refractivity contribution >= 4 is 5.91 Å².